The van der Waals surface area contributed by atoms with Crippen LogP contribution in [0.3, 0.4) is 0 Å². The van der Waals surface area contributed by atoms with Crippen LogP contribution >= 0.6 is 24.4 Å². The maximum absolute atomic E-state index is 4.61. The maximum Gasteiger partial charge on any atom is 0.0959 e. The molecule has 0 bridgehead atoms. The first-order chi connectivity index (χ1) is 8.35. The van der Waals surface area contributed by atoms with Gasteiger partial charge in [0.2, 0.25) is 0 Å². The Kier molecular flexibility index (Phi) is 5.23. The number of hydrogen-bond acceptors (Lipinski definition) is 3. The molecule has 1 aliphatic carbocycles. The van der Waals surface area contributed by atoms with Gasteiger partial charge >= 0.3 is 0 Å². The zero-order chi connectivity index (χ0) is 12.0. The van der Waals surface area contributed by atoms with Gasteiger partial charge in [-0.15, -0.1) is 11.8 Å². The number of nitrogens with zero attached hydrogens (tertiary/aromatic N) is 1. The van der Waals surface area contributed by atoms with Crippen molar-refractivity contribution in [1.29, 1.82) is 0 Å². The van der Waals surface area contributed by atoms with Crippen LogP contribution < -0.4 is 0 Å². The lowest BCUT2D eigenvalue weighted by atomic mass is 9.84. The van der Waals surface area contributed by atoms with E-state index in [1.165, 1.54) is 44.3 Å². The number of thiol groups is 1. The minimum Gasteiger partial charge on any atom is -0.250 e. The quantitative estimate of drug-likeness (QED) is 0.492. The van der Waals surface area contributed by atoms with E-state index in [0.29, 0.717) is 5.41 Å². The van der Waals surface area contributed by atoms with E-state index in [1.807, 2.05) is 24.0 Å². The third-order valence-corrected chi connectivity index (χ3v) is 5.63. The van der Waals surface area contributed by atoms with E-state index in [0.717, 1.165) is 10.8 Å². The zero-order valence-electron chi connectivity index (χ0n) is 10.3. The highest BCUT2D eigenvalue weighted by Gasteiger charge is 2.29. The molecule has 0 unspecified atom stereocenters. The lowest BCUT2D eigenvalue weighted by Gasteiger charge is -2.30. The Morgan fingerprint density at radius 2 is 1.94 bits per heavy atom. The Labute approximate surface area is 114 Å². The second kappa shape index (κ2) is 6.69. The van der Waals surface area contributed by atoms with Crippen molar-refractivity contribution in [2.75, 3.05) is 11.5 Å². The van der Waals surface area contributed by atoms with Crippen LogP contribution in [0.5, 0.6) is 0 Å². The van der Waals surface area contributed by atoms with Crippen LogP contribution in [0, 0.1) is 5.41 Å². The highest BCUT2D eigenvalue weighted by Crippen LogP contribution is 2.40. The van der Waals surface area contributed by atoms with E-state index in [1.54, 1.807) is 0 Å². The number of thioether (sulfide) groups is 1. The molecule has 0 N–H and O–H groups in total. The molecule has 3 heteroatoms. The summed E-state index contributed by atoms with van der Waals surface area (Å²) in [6.45, 7) is 0. The number of aromatic nitrogens is 1. The van der Waals surface area contributed by atoms with Crippen molar-refractivity contribution in [2.45, 2.75) is 43.6 Å². The molecule has 94 valence electrons. The van der Waals surface area contributed by atoms with Gasteiger partial charge in [0.15, 0.2) is 0 Å². The van der Waals surface area contributed by atoms with Crippen molar-refractivity contribution in [2.24, 2.45) is 5.41 Å². The van der Waals surface area contributed by atoms with Crippen molar-refractivity contribution in [3.63, 3.8) is 0 Å². The standard InChI is InChI=1S/C14H21NS2/c16-11-14(8-4-1-2-5-9-14)12-17-13-7-3-6-10-15-13/h3,6-7,10,16H,1-2,4-5,8-9,11-12H2. The summed E-state index contributed by atoms with van der Waals surface area (Å²) in [7, 11) is 0. The van der Waals surface area contributed by atoms with Gasteiger partial charge in [-0.2, -0.15) is 12.6 Å². The third kappa shape index (κ3) is 3.92. The predicted molar refractivity (Wildman–Crippen MR) is 78.9 cm³/mol. The Hall–Kier alpha value is -0.150. The van der Waals surface area contributed by atoms with E-state index in [4.69, 9.17) is 0 Å². The average Bonchev–Trinajstić information content (AvgIpc) is 2.64. The van der Waals surface area contributed by atoms with Gasteiger partial charge in [0.05, 0.1) is 5.03 Å². The smallest absolute Gasteiger partial charge is 0.0959 e. The van der Waals surface area contributed by atoms with Crippen LogP contribution in [0.4, 0.5) is 0 Å². The first-order valence-electron chi connectivity index (χ1n) is 6.49. The molecule has 1 nitrogen and oxygen atoms in total. The number of rotatable bonds is 4. The third-order valence-electron chi connectivity index (χ3n) is 3.66. The lowest BCUT2D eigenvalue weighted by molar-refractivity contribution is 0.332. The molecule has 17 heavy (non-hydrogen) atoms. The first kappa shape index (κ1) is 13.3. The van der Waals surface area contributed by atoms with E-state index >= 15 is 0 Å². The van der Waals surface area contributed by atoms with Crippen LogP contribution in [-0.2, 0) is 0 Å². The van der Waals surface area contributed by atoms with Crippen LogP contribution in [-0.4, -0.2) is 16.5 Å². The molecule has 1 heterocycles. The fourth-order valence-electron chi connectivity index (χ4n) is 2.49. The fourth-order valence-corrected chi connectivity index (χ4v) is 4.22. The lowest BCUT2D eigenvalue weighted by Crippen LogP contribution is -2.25. The number of hydrogen-bond donors (Lipinski definition) is 1. The summed E-state index contributed by atoms with van der Waals surface area (Å²) in [5.41, 5.74) is 0.446. The van der Waals surface area contributed by atoms with E-state index in [9.17, 15) is 0 Å². The van der Waals surface area contributed by atoms with Gasteiger partial charge in [-0.1, -0.05) is 31.7 Å². The summed E-state index contributed by atoms with van der Waals surface area (Å²) >= 11 is 6.51. The molecule has 0 saturated heterocycles. The molecule has 0 spiro atoms. The van der Waals surface area contributed by atoms with Gasteiger partial charge < -0.3 is 0 Å². The summed E-state index contributed by atoms with van der Waals surface area (Å²) in [4.78, 5) is 4.39. The second-order valence-corrected chi connectivity index (χ2v) is 6.34. The molecule has 0 aromatic carbocycles. The van der Waals surface area contributed by atoms with Gasteiger partial charge in [0.1, 0.15) is 0 Å². The molecule has 2 rings (SSSR count). The maximum atomic E-state index is 4.61. The Morgan fingerprint density at radius 1 is 1.18 bits per heavy atom. The highest BCUT2D eigenvalue weighted by atomic mass is 32.2. The summed E-state index contributed by atoms with van der Waals surface area (Å²) in [5.74, 6) is 2.19. The average molecular weight is 267 g/mol. The summed E-state index contributed by atoms with van der Waals surface area (Å²) in [5, 5.41) is 1.15. The number of pyridine rings is 1. The van der Waals surface area contributed by atoms with Crippen LogP contribution in [0.15, 0.2) is 29.4 Å². The van der Waals surface area contributed by atoms with Crippen molar-refractivity contribution < 1.29 is 0 Å². The predicted octanol–water partition coefficient (Wildman–Crippen LogP) is 4.44. The summed E-state index contributed by atoms with van der Waals surface area (Å²) in [6, 6.07) is 6.15. The van der Waals surface area contributed by atoms with E-state index in [2.05, 4.69) is 29.7 Å². The van der Waals surface area contributed by atoms with Crippen molar-refractivity contribution in [1.82, 2.24) is 4.98 Å². The second-order valence-electron chi connectivity index (χ2n) is 5.03. The normalized spacial score (nSPS) is 19.8. The summed E-state index contributed by atoms with van der Waals surface area (Å²) < 4.78 is 0. The van der Waals surface area contributed by atoms with Crippen LogP contribution in [0.1, 0.15) is 38.5 Å². The van der Waals surface area contributed by atoms with Crippen LogP contribution in [0.2, 0.25) is 0 Å². The zero-order valence-corrected chi connectivity index (χ0v) is 12.0. The molecule has 0 aliphatic heterocycles. The molecule has 1 aliphatic rings. The molecule has 1 fully saturated rings. The van der Waals surface area contributed by atoms with Gasteiger partial charge in [-0.05, 0) is 36.1 Å². The minimum atomic E-state index is 0.446. The Morgan fingerprint density at radius 3 is 2.53 bits per heavy atom. The fraction of sp³-hybridized carbons (Fsp3) is 0.643. The van der Waals surface area contributed by atoms with Crippen molar-refractivity contribution >= 4 is 24.4 Å². The Balaban J connectivity index is 1.94. The molecule has 1 aromatic rings. The molecular formula is C14H21NS2. The van der Waals surface area contributed by atoms with E-state index in [-0.39, 0.29) is 0 Å². The molecule has 1 aromatic heterocycles. The molecule has 0 amide bonds. The Bertz CT molecular complexity index is 318. The van der Waals surface area contributed by atoms with Crippen molar-refractivity contribution in [3.8, 4) is 0 Å². The topological polar surface area (TPSA) is 12.9 Å². The van der Waals surface area contributed by atoms with Crippen LogP contribution in [0.25, 0.3) is 0 Å². The van der Waals surface area contributed by atoms with Gasteiger partial charge in [0.25, 0.3) is 0 Å². The molecule has 0 radical (unpaired) electrons. The molecule has 0 atom stereocenters. The van der Waals surface area contributed by atoms with Gasteiger partial charge in [-0.3, -0.25) is 0 Å². The SMILES string of the molecule is SCC1(CSc2ccccn2)CCCCCC1. The first-order valence-corrected chi connectivity index (χ1v) is 8.11. The molecular weight excluding hydrogens is 246 g/mol. The van der Waals surface area contributed by atoms with Crippen molar-refractivity contribution in [3.05, 3.63) is 24.4 Å². The largest absolute Gasteiger partial charge is 0.250 e. The van der Waals surface area contributed by atoms with Gasteiger partial charge in [-0.25, -0.2) is 4.98 Å². The monoisotopic (exact) mass is 267 g/mol. The van der Waals surface area contributed by atoms with Gasteiger partial charge in [0, 0.05) is 11.9 Å². The minimum absolute atomic E-state index is 0.446. The summed E-state index contributed by atoms with van der Waals surface area (Å²) in [6.07, 6.45) is 10.1. The molecule has 1 saturated carbocycles. The van der Waals surface area contributed by atoms with E-state index < -0.39 is 0 Å². The highest BCUT2D eigenvalue weighted by molar-refractivity contribution is 7.99.